The second-order valence-electron chi connectivity index (χ2n) is 4.33. The molecule has 0 aliphatic carbocycles. The first-order valence-corrected chi connectivity index (χ1v) is 6.39. The fraction of sp³-hybridized carbons (Fsp3) is 0. The molecule has 1 amide bonds. The number of amides is 1. The molecule has 0 bridgehead atoms. The van der Waals surface area contributed by atoms with Gasteiger partial charge in [0.25, 0.3) is 5.91 Å². The monoisotopic (exact) mass is 317 g/mol. The molecule has 0 aromatic heterocycles. The van der Waals surface area contributed by atoms with E-state index in [0.717, 1.165) is 18.2 Å². The number of hydrogen-bond donors (Lipinski definition) is 1. The van der Waals surface area contributed by atoms with Crippen LogP contribution in [0.25, 0.3) is 0 Å². The Bertz CT molecular complexity index is 723. The first-order chi connectivity index (χ1) is 10.4. The topological polar surface area (TPSA) is 109 Å². The zero-order chi connectivity index (χ0) is 16.3. The summed E-state index contributed by atoms with van der Waals surface area (Å²) in [4.78, 5) is 33.7. The van der Waals surface area contributed by atoms with Crippen molar-refractivity contribution in [1.82, 2.24) is 0 Å². The van der Waals surface area contributed by atoms with Crippen LogP contribution in [0.1, 0.15) is 31.1 Å². The Hall–Kier alpha value is -2.86. The summed E-state index contributed by atoms with van der Waals surface area (Å²) in [5, 5.41) is 24.6. The maximum absolute atomic E-state index is 12.0. The molecule has 2 aromatic rings. The summed E-state index contributed by atoms with van der Waals surface area (Å²) in [5.41, 5.74) is -0.486. The molecule has 0 atom stereocenters. The molecule has 0 aliphatic heterocycles. The Kier molecular flexibility index (Phi) is 4.43. The SMILES string of the molecule is O=C([O-])c1cc(NC(=O)c2ccc(Cl)cc2)cc(C(=O)[O-])c1. The van der Waals surface area contributed by atoms with E-state index < -0.39 is 17.8 Å². The number of benzene rings is 2. The van der Waals surface area contributed by atoms with E-state index in [0.29, 0.717) is 5.02 Å². The van der Waals surface area contributed by atoms with Gasteiger partial charge >= 0.3 is 0 Å². The van der Waals surface area contributed by atoms with Crippen LogP contribution >= 0.6 is 11.6 Å². The van der Waals surface area contributed by atoms with Crippen molar-refractivity contribution in [2.75, 3.05) is 5.32 Å². The standard InChI is InChI=1S/C15H10ClNO5/c16-11-3-1-8(2-4-11)13(18)17-12-6-9(14(19)20)5-10(7-12)15(21)22/h1-7H,(H,17,18)(H,19,20)(H,21,22)/p-2. The molecule has 0 heterocycles. The van der Waals surface area contributed by atoms with Gasteiger partial charge in [-0.1, -0.05) is 11.6 Å². The number of rotatable bonds is 4. The first kappa shape index (κ1) is 15.5. The number of nitrogens with one attached hydrogen (secondary N) is 1. The highest BCUT2D eigenvalue weighted by Gasteiger charge is 2.09. The minimum atomic E-state index is -1.56. The van der Waals surface area contributed by atoms with Crippen molar-refractivity contribution in [2.45, 2.75) is 0 Å². The van der Waals surface area contributed by atoms with Crippen LogP contribution in [0.4, 0.5) is 5.69 Å². The van der Waals surface area contributed by atoms with E-state index >= 15 is 0 Å². The van der Waals surface area contributed by atoms with Crippen LogP contribution in [-0.2, 0) is 0 Å². The highest BCUT2D eigenvalue weighted by Crippen LogP contribution is 2.17. The van der Waals surface area contributed by atoms with Crippen molar-refractivity contribution in [2.24, 2.45) is 0 Å². The zero-order valence-electron chi connectivity index (χ0n) is 11.0. The average Bonchev–Trinajstić information content (AvgIpc) is 2.47. The molecule has 2 rings (SSSR count). The Morgan fingerprint density at radius 3 is 1.77 bits per heavy atom. The van der Waals surface area contributed by atoms with Crippen molar-refractivity contribution in [3.05, 3.63) is 64.2 Å². The van der Waals surface area contributed by atoms with E-state index in [2.05, 4.69) is 5.32 Å². The summed E-state index contributed by atoms with van der Waals surface area (Å²) in [7, 11) is 0. The third-order valence-corrected chi connectivity index (χ3v) is 3.02. The second-order valence-corrected chi connectivity index (χ2v) is 4.77. The summed E-state index contributed by atoms with van der Waals surface area (Å²) in [5.74, 6) is -3.67. The van der Waals surface area contributed by atoms with E-state index in [1.807, 2.05) is 0 Å². The highest BCUT2D eigenvalue weighted by atomic mass is 35.5. The molecule has 0 spiro atoms. The number of aromatic carboxylic acids is 2. The van der Waals surface area contributed by atoms with Gasteiger partial charge in [-0.25, -0.2) is 0 Å². The van der Waals surface area contributed by atoms with E-state index in [1.165, 1.54) is 24.3 Å². The molecule has 0 radical (unpaired) electrons. The predicted molar refractivity (Wildman–Crippen MR) is 74.5 cm³/mol. The number of carbonyl (C=O) groups excluding carboxylic acids is 3. The maximum Gasteiger partial charge on any atom is 0.255 e. The lowest BCUT2D eigenvalue weighted by atomic mass is 10.1. The molecule has 2 aromatic carbocycles. The number of carbonyl (C=O) groups is 3. The molecule has 6 nitrogen and oxygen atoms in total. The Morgan fingerprint density at radius 2 is 1.32 bits per heavy atom. The maximum atomic E-state index is 12.0. The van der Waals surface area contributed by atoms with Crippen LogP contribution in [0.5, 0.6) is 0 Å². The van der Waals surface area contributed by atoms with Crippen molar-refractivity contribution in [3.63, 3.8) is 0 Å². The van der Waals surface area contributed by atoms with Gasteiger partial charge in [0.15, 0.2) is 0 Å². The number of carboxylic acid groups (broad SMARTS) is 2. The molecular formula is C15H8ClNO5-2. The van der Waals surface area contributed by atoms with Crippen molar-refractivity contribution in [1.29, 1.82) is 0 Å². The van der Waals surface area contributed by atoms with Gasteiger partial charge in [-0.2, -0.15) is 0 Å². The summed E-state index contributed by atoms with van der Waals surface area (Å²) < 4.78 is 0. The third kappa shape index (κ3) is 3.62. The fourth-order valence-electron chi connectivity index (χ4n) is 1.74. The Labute approximate surface area is 130 Å². The van der Waals surface area contributed by atoms with E-state index in [9.17, 15) is 24.6 Å². The number of anilines is 1. The summed E-state index contributed by atoms with van der Waals surface area (Å²) >= 11 is 5.71. The minimum Gasteiger partial charge on any atom is -0.545 e. The summed E-state index contributed by atoms with van der Waals surface area (Å²) in [6.45, 7) is 0. The van der Waals surface area contributed by atoms with Crippen LogP contribution in [0.15, 0.2) is 42.5 Å². The van der Waals surface area contributed by atoms with Gasteiger partial charge in [-0.15, -0.1) is 0 Å². The predicted octanol–water partition coefficient (Wildman–Crippen LogP) is 0.319. The average molecular weight is 318 g/mol. The zero-order valence-corrected chi connectivity index (χ0v) is 11.7. The van der Waals surface area contributed by atoms with Crippen molar-refractivity contribution >= 4 is 35.1 Å². The molecule has 0 saturated carbocycles. The van der Waals surface area contributed by atoms with Crippen LogP contribution in [-0.4, -0.2) is 17.8 Å². The van der Waals surface area contributed by atoms with Gasteiger partial charge in [0.2, 0.25) is 0 Å². The van der Waals surface area contributed by atoms with Gasteiger partial charge in [0.1, 0.15) is 0 Å². The third-order valence-electron chi connectivity index (χ3n) is 2.77. The first-order valence-electron chi connectivity index (χ1n) is 6.01. The van der Waals surface area contributed by atoms with Gasteiger partial charge in [0.05, 0.1) is 11.9 Å². The molecule has 7 heteroatoms. The van der Waals surface area contributed by atoms with Crippen LogP contribution in [0, 0.1) is 0 Å². The van der Waals surface area contributed by atoms with Crippen molar-refractivity contribution in [3.8, 4) is 0 Å². The van der Waals surface area contributed by atoms with Gasteiger partial charge in [-0.05, 0) is 53.6 Å². The smallest absolute Gasteiger partial charge is 0.255 e. The minimum absolute atomic E-state index is 0.000787. The van der Waals surface area contributed by atoms with Crippen LogP contribution in [0.3, 0.4) is 0 Å². The molecule has 0 aliphatic rings. The van der Waals surface area contributed by atoms with Gasteiger partial charge < -0.3 is 25.1 Å². The molecule has 22 heavy (non-hydrogen) atoms. The fourth-order valence-corrected chi connectivity index (χ4v) is 1.87. The molecular weight excluding hydrogens is 310 g/mol. The summed E-state index contributed by atoms with van der Waals surface area (Å²) in [6.07, 6.45) is 0. The quantitative estimate of drug-likeness (QED) is 0.873. The van der Waals surface area contributed by atoms with Crippen LogP contribution < -0.4 is 15.5 Å². The Balaban J connectivity index is 2.32. The second kappa shape index (κ2) is 6.28. The van der Waals surface area contributed by atoms with E-state index in [1.54, 1.807) is 0 Å². The largest absolute Gasteiger partial charge is 0.545 e. The lowest BCUT2D eigenvalue weighted by Crippen LogP contribution is -2.26. The van der Waals surface area contributed by atoms with E-state index in [4.69, 9.17) is 11.6 Å². The molecule has 0 unspecified atom stereocenters. The van der Waals surface area contributed by atoms with Gasteiger partial charge in [-0.3, -0.25) is 4.79 Å². The summed E-state index contributed by atoms with van der Waals surface area (Å²) in [6, 6.07) is 9.05. The molecule has 112 valence electrons. The lowest BCUT2D eigenvalue weighted by Gasteiger charge is -2.12. The Morgan fingerprint density at radius 1 is 0.818 bits per heavy atom. The number of halogens is 1. The lowest BCUT2D eigenvalue weighted by molar-refractivity contribution is -0.255. The van der Waals surface area contributed by atoms with E-state index in [-0.39, 0.29) is 22.4 Å². The highest BCUT2D eigenvalue weighted by molar-refractivity contribution is 6.30. The number of hydrogen-bond acceptors (Lipinski definition) is 5. The van der Waals surface area contributed by atoms with Crippen molar-refractivity contribution < 1.29 is 24.6 Å². The van der Waals surface area contributed by atoms with Crippen LogP contribution in [0.2, 0.25) is 5.02 Å². The van der Waals surface area contributed by atoms with Gasteiger partial charge in [0, 0.05) is 16.3 Å². The molecule has 0 fully saturated rings. The molecule has 1 N–H and O–H groups in total. The number of carboxylic acids is 2. The normalized spacial score (nSPS) is 10.0. The molecule has 0 saturated heterocycles.